The maximum absolute atomic E-state index is 12.3. The van der Waals surface area contributed by atoms with Gasteiger partial charge in [0.2, 0.25) is 5.91 Å². The molecule has 0 fully saturated rings. The molecule has 0 aliphatic carbocycles. The van der Waals surface area contributed by atoms with Crippen LogP contribution in [0.5, 0.6) is 0 Å². The van der Waals surface area contributed by atoms with Gasteiger partial charge in [-0.1, -0.05) is 24.3 Å². The smallest absolute Gasteiger partial charge is 0.305 e. The molecule has 3 aromatic rings. The Balaban J connectivity index is 1.73. The number of hydrogen-bond donors (Lipinski definition) is 2. The van der Waals surface area contributed by atoms with E-state index in [1.165, 1.54) is 11.3 Å². The Morgan fingerprint density at radius 1 is 1.26 bits per heavy atom. The van der Waals surface area contributed by atoms with Gasteiger partial charge in [-0.2, -0.15) is 5.10 Å². The third kappa shape index (κ3) is 3.57. The Kier molecular flexibility index (Phi) is 4.38. The summed E-state index contributed by atoms with van der Waals surface area (Å²) >= 11 is 1.43. The molecular formula is C16H15N3O3S. The van der Waals surface area contributed by atoms with E-state index < -0.39 is 12.0 Å². The standard InChI is InChI=1S/C16H15N3O3S/c20-15(10-19-13-5-2-1-4-11(13)9-17-19)18-12(8-16(21)22)14-6-3-7-23-14/h1-7,9,12H,8,10H2,(H,18,20)(H,21,22)/t12-/m0/s1. The summed E-state index contributed by atoms with van der Waals surface area (Å²) in [6.07, 6.45) is 1.56. The van der Waals surface area contributed by atoms with Crippen molar-refractivity contribution in [3.8, 4) is 0 Å². The molecule has 118 valence electrons. The van der Waals surface area contributed by atoms with E-state index in [1.807, 2.05) is 41.8 Å². The van der Waals surface area contributed by atoms with Crippen LogP contribution in [-0.4, -0.2) is 26.8 Å². The SMILES string of the molecule is O=C(O)C[C@H](NC(=O)Cn1ncc2ccccc21)c1cccs1. The highest BCUT2D eigenvalue weighted by atomic mass is 32.1. The average molecular weight is 329 g/mol. The zero-order valence-corrected chi connectivity index (χ0v) is 13.0. The van der Waals surface area contributed by atoms with Crippen molar-refractivity contribution < 1.29 is 14.7 Å². The van der Waals surface area contributed by atoms with Gasteiger partial charge in [-0.05, 0) is 17.5 Å². The van der Waals surface area contributed by atoms with E-state index in [0.717, 1.165) is 15.8 Å². The second kappa shape index (κ2) is 6.62. The largest absolute Gasteiger partial charge is 0.481 e. The molecule has 2 aromatic heterocycles. The normalized spacial score (nSPS) is 12.2. The lowest BCUT2D eigenvalue weighted by Crippen LogP contribution is -2.32. The molecule has 2 heterocycles. The number of carbonyl (C=O) groups excluding carboxylic acids is 1. The highest BCUT2D eigenvalue weighted by Gasteiger charge is 2.19. The first-order valence-corrected chi connectivity index (χ1v) is 7.96. The van der Waals surface area contributed by atoms with Gasteiger partial charge in [-0.25, -0.2) is 0 Å². The van der Waals surface area contributed by atoms with Crippen LogP contribution in [0.25, 0.3) is 10.9 Å². The van der Waals surface area contributed by atoms with Crippen LogP contribution in [0.3, 0.4) is 0 Å². The number of fused-ring (bicyclic) bond motifs is 1. The Morgan fingerprint density at radius 3 is 2.83 bits per heavy atom. The number of carboxylic acid groups (broad SMARTS) is 1. The minimum atomic E-state index is -0.951. The van der Waals surface area contributed by atoms with Gasteiger partial charge in [-0.3, -0.25) is 14.3 Å². The van der Waals surface area contributed by atoms with Crippen molar-refractivity contribution >= 4 is 34.1 Å². The number of nitrogens with one attached hydrogen (secondary N) is 1. The molecule has 7 heteroatoms. The fourth-order valence-electron chi connectivity index (χ4n) is 2.41. The van der Waals surface area contributed by atoms with Crippen molar-refractivity contribution in [1.29, 1.82) is 0 Å². The van der Waals surface area contributed by atoms with Crippen molar-refractivity contribution in [2.45, 2.75) is 19.0 Å². The predicted octanol–water partition coefficient (Wildman–Crippen LogP) is 2.43. The fourth-order valence-corrected chi connectivity index (χ4v) is 3.19. The second-order valence-electron chi connectivity index (χ2n) is 5.09. The minimum absolute atomic E-state index is 0.0506. The van der Waals surface area contributed by atoms with Gasteiger partial charge in [0.1, 0.15) is 6.54 Å². The van der Waals surface area contributed by atoms with Crippen LogP contribution in [0, 0.1) is 0 Å². The average Bonchev–Trinajstić information content (AvgIpc) is 3.16. The van der Waals surface area contributed by atoms with E-state index in [0.29, 0.717) is 0 Å². The van der Waals surface area contributed by atoms with Crippen molar-refractivity contribution in [3.63, 3.8) is 0 Å². The van der Waals surface area contributed by atoms with Crippen LogP contribution in [0.4, 0.5) is 0 Å². The fraction of sp³-hybridized carbons (Fsp3) is 0.188. The van der Waals surface area contributed by atoms with Crippen LogP contribution in [0.15, 0.2) is 48.0 Å². The van der Waals surface area contributed by atoms with Crippen LogP contribution in [-0.2, 0) is 16.1 Å². The Bertz CT molecular complexity index is 826. The first-order chi connectivity index (χ1) is 11.1. The number of rotatable bonds is 6. The molecule has 0 radical (unpaired) electrons. The quantitative estimate of drug-likeness (QED) is 0.727. The van der Waals surface area contributed by atoms with Gasteiger partial charge < -0.3 is 10.4 Å². The summed E-state index contributed by atoms with van der Waals surface area (Å²) in [5, 5.41) is 18.8. The summed E-state index contributed by atoms with van der Waals surface area (Å²) in [7, 11) is 0. The molecule has 23 heavy (non-hydrogen) atoms. The van der Waals surface area contributed by atoms with E-state index in [4.69, 9.17) is 5.11 Å². The van der Waals surface area contributed by atoms with Gasteiger partial charge in [0.25, 0.3) is 0 Å². The number of thiophene rings is 1. The monoisotopic (exact) mass is 329 g/mol. The number of aliphatic carboxylic acids is 1. The molecule has 0 bridgehead atoms. The topological polar surface area (TPSA) is 84.2 Å². The van der Waals surface area contributed by atoms with E-state index in [-0.39, 0.29) is 18.9 Å². The number of para-hydroxylation sites is 1. The molecule has 1 amide bonds. The molecular weight excluding hydrogens is 314 g/mol. The molecule has 0 spiro atoms. The van der Waals surface area contributed by atoms with Gasteiger partial charge in [0, 0.05) is 10.3 Å². The van der Waals surface area contributed by atoms with E-state index in [9.17, 15) is 9.59 Å². The number of amides is 1. The molecule has 1 atom stereocenters. The van der Waals surface area contributed by atoms with Crippen molar-refractivity contribution in [2.75, 3.05) is 0 Å². The van der Waals surface area contributed by atoms with Crippen molar-refractivity contribution in [2.24, 2.45) is 0 Å². The van der Waals surface area contributed by atoms with Crippen LogP contribution in [0.2, 0.25) is 0 Å². The summed E-state index contributed by atoms with van der Waals surface area (Å²) in [4.78, 5) is 24.1. The van der Waals surface area contributed by atoms with Crippen molar-refractivity contribution in [3.05, 3.63) is 52.9 Å². The number of carbonyl (C=O) groups is 2. The van der Waals surface area contributed by atoms with Crippen LogP contribution < -0.4 is 5.32 Å². The molecule has 0 unspecified atom stereocenters. The predicted molar refractivity (Wildman–Crippen MR) is 87.2 cm³/mol. The zero-order valence-electron chi connectivity index (χ0n) is 12.2. The lowest BCUT2D eigenvalue weighted by atomic mass is 10.1. The highest BCUT2D eigenvalue weighted by molar-refractivity contribution is 7.10. The molecule has 2 N–H and O–H groups in total. The first kappa shape index (κ1) is 15.2. The maximum Gasteiger partial charge on any atom is 0.305 e. The molecule has 0 aliphatic heterocycles. The van der Waals surface area contributed by atoms with Crippen LogP contribution >= 0.6 is 11.3 Å². The number of hydrogen-bond acceptors (Lipinski definition) is 4. The minimum Gasteiger partial charge on any atom is -0.481 e. The summed E-state index contributed by atoms with van der Waals surface area (Å²) in [5.41, 5.74) is 0.869. The Labute approximate surface area is 136 Å². The van der Waals surface area contributed by atoms with Gasteiger partial charge in [0.15, 0.2) is 0 Å². The Hall–Kier alpha value is -2.67. The van der Waals surface area contributed by atoms with Gasteiger partial charge >= 0.3 is 5.97 Å². The zero-order chi connectivity index (χ0) is 16.2. The third-order valence-electron chi connectivity index (χ3n) is 3.45. The lowest BCUT2D eigenvalue weighted by Gasteiger charge is -2.15. The van der Waals surface area contributed by atoms with Gasteiger partial charge in [-0.15, -0.1) is 11.3 Å². The van der Waals surface area contributed by atoms with E-state index in [1.54, 1.807) is 10.9 Å². The molecule has 0 saturated carbocycles. The first-order valence-electron chi connectivity index (χ1n) is 7.08. The molecule has 3 rings (SSSR count). The van der Waals surface area contributed by atoms with E-state index >= 15 is 0 Å². The highest BCUT2D eigenvalue weighted by Crippen LogP contribution is 2.22. The Morgan fingerprint density at radius 2 is 2.09 bits per heavy atom. The van der Waals surface area contributed by atoms with E-state index in [2.05, 4.69) is 10.4 Å². The molecule has 1 aromatic carbocycles. The third-order valence-corrected chi connectivity index (χ3v) is 4.43. The summed E-state index contributed by atoms with van der Waals surface area (Å²) in [6.45, 7) is 0.0506. The molecule has 0 saturated heterocycles. The summed E-state index contributed by atoms with van der Waals surface area (Å²) < 4.78 is 1.61. The van der Waals surface area contributed by atoms with Gasteiger partial charge in [0.05, 0.1) is 24.2 Å². The summed E-state index contributed by atoms with van der Waals surface area (Å²) in [6, 6.07) is 10.7. The number of nitrogens with zero attached hydrogens (tertiary/aromatic N) is 2. The maximum atomic E-state index is 12.3. The van der Waals surface area contributed by atoms with Crippen molar-refractivity contribution in [1.82, 2.24) is 15.1 Å². The van der Waals surface area contributed by atoms with Crippen LogP contribution in [0.1, 0.15) is 17.3 Å². The molecule has 0 aliphatic rings. The number of benzene rings is 1. The second-order valence-corrected chi connectivity index (χ2v) is 6.07. The molecule has 6 nitrogen and oxygen atoms in total. The lowest BCUT2D eigenvalue weighted by molar-refractivity contribution is -0.137. The number of aromatic nitrogens is 2. The summed E-state index contributed by atoms with van der Waals surface area (Å²) in [5.74, 6) is -1.22. The number of carboxylic acids is 1.